The number of benzene rings is 1. The van der Waals surface area contributed by atoms with Crippen LogP contribution >= 0.6 is 0 Å². The van der Waals surface area contributed by atoms with Crippen molar-refractivity contribution in [3.63, 3.8) is 0 Å². The van der Waals surface area contributed by atoms with E-state index in [2.05, 4.69) is 11.9 Å². The highest BCUT2D eigenvalue weighted by Crippen LogP contribution is 2.30. The minimum Gasteiger partial charge on any atom is -0.389 e. The quantitative estimate of drug-likeness (QED) is 0.148. The van der Waals surface area contributed by atoms with E-state index in [1.54, 1.807) is 13.8 Å². The minimum atomic E-state index is -0.961. The molecule has 0 saturated heterocycles. The zero-order valence-electron chi connectivity index (χ0n) is 25.6. The fraction of sp³-hybridized carbons (Fsp3) is 0.667. The first-order chi connectivity index (χ1) is 19.2. The topological polar surface area (TPSA) is 97.3 Å². The fourth-order valence-electron chi connectivity index (χ4n) is 5.58. The number of anilines is 1. The van der Waals surface area contributed by atoms with Crippen LogP contribution in [0.1, 0.15) is 123 Å². The van der Waals surface area contributed by atoms with Gasteiger partial charge in [-0.25, -0.2) is 9.97 Å². The smallest absolute Gasteiger partial charge is 0.222 e. The number of nitrogens with two attached hydrogens (primary N) is 1. The Kier molecular flexibility index (Phi) is 12.7. The van der Waals surface area contributed by atoms with Crippen LogP contribution in [0.25, 0.3) is 21.9 Å². The molecule has 0 aliphatic heterocycles. The molecule has 7 heteroatoms. The molecule has 2 aromatic heterocycles. The van der Waals surface area contributed by atoms with Crippen LogP contribution in [0.15, 0.2) is 24.3 Å². The van der Waals surface area contributed by atoms with Crippen molar-refractivity contribution in [1.82, 2.24) is 19.4 Å². The third-order valence-electron chi connectivity index (χ3n) is 7.80. The molecule has 0 aliphatic carbocycles. The molecule has 0 unspecified atom stereocenters. The summed E-state index contributed by atoms with van der Waals surface area (Å²) in [5.41, 5.74) is 7.64. The monoisotopic (exact) mass is 551 g/mol. The maximum Gasteiger partial charge on any atom is 0.222 e. The molecule has 3 N–H and O–H groups in total. The van der Waals surface area contributed by atoms with E-state index in [0.717, 1.165) is 35.1 Å². The highest BCUT2D eigenvalue weighted by molar-refractivity contribution is 6.06. The Morgan fingerprint density at radius 2 is 1.48 bits per heavy atom. The number of pyridine rings is 1. The first kappa shape index (κ1) is 31.9. The molecule has 40 heavy (non-hydrogen) atoms. The summed E-state index contributed by atoms with van der Waals surface area (Å²) in [6.45, 7) is 9.18. The Labute approximate surface area is 241 Å². The molecule has 2 heterocycles. The number of hydrogen-bond donors (Lipinski definition) is 2. The van der Waals surface area contributed by atoms with Crippen LogP contribution in [-0.2, 0) is 17.9 Å². The van der Waals surface area contributed by atoms with Crippen LogP contribution in [0, 0.1) is 0 Å². The summed E-state index contributed by atoms with van der Waals surface area (Å²) in [7, 11) is 0. The molecular weight excluding hydrogens is 498 g/mol. The molecule has 0 atom stereocenters. The van der Waals surface area contributed by atoms with Gasteiger partial charge in [0.1, 0.15) is 11.3 Å². The lowest BCUT2D eigenvalue weighted by Crippen LogP contribution is -2.33. The molecule has 1 amide bonds. The van der Waals surface area contributed by atoms with E-state index in [-0.39, 0.29) is 5.91 Å². The molecule has 222 valence electrons. The Morgan fingerprint density at radius 1 is 0.900 bits per heavy atom. The highest BCUT2D eigenvalue weighted by Gasteiger charge is 2.24. The van der Waals surface area contributed by atoms with Crippen LogP contribution < -0.4 is 5.73 Å². The van der Waals surface area contributed by atoms with Crippen molar-refractivity contribution in [1.29, 1.82) is 0 Å². The molecule has 3 aromatic rings. The van der Waals surface area contributed by atoms with Gasteiger partial charge in [-0.2, -0.15) is 0 Å². The van der Waals surface area contributed by atoms with E-state index < -0.39 is 5.60 Å². The summed E-state index contributed by atoms with van der Waals surface area (Å²) in [4.78, 5) is 24.4. The van der Waals surface area contributed by atoms with Gasteiger partial charge in [0.15, 0.2) is 5.82 Å². The molecule has 0 bridgehead atoms. The summed E-state index contributed by atoms with van der Waals surface area (Å²) >= 11 is 0. The lowest BCUT2D eigenvalue weighted by Gasteiger charge is -2.24. The van der Waals surface area contributed by atoms with Gasteiger partial charge in [-0.3, -0.25) is 4.79 Å². The number of aliphatic hydroxyl groups is 1. The van der Waals surface area contributed by atoms with Crippen LogP contribution in [0.3, 0.4) is 0 Å². The van der Waals surface area contributed by atoms with Gasteiger partial charge in [0.05, 0.1) is 29.7 Å². The van der Waals surface area contributed by atoms with Gasteiger partial charge in [-0.05, 0) is 33.3 Å². The molecule has 1 aromatic carbocycles. The largest absolute Gasteiger partial charge is 0.389 e. The Morgan fingerprint density at radius 3 is 2.05 bits per heavy atom. The van der Waals surface area contributed by atoms with Crippen molar-refractivity contribution < 1.29 is 9.90 Å². The summed E-state index contributed by atoms with van der Waals surface area (Å²) in [5.74, 6) is 1.25. The van der Waals surface area contributed by atoms with Gasteiger partial charge in [-0.1, -0.05) is 102 Å². The van der Waals surface area contributed by atoms with E-state index in [9.17, 15) is 9.90 Å². The Balaban J connectivity index is 1.53. The Hall–Kier alpha value is -2.67. The van der Waals surface area contributed by atoms with Crippen molar-refractivity contribution in [2.75, 3.05) is 12.3 Å². The first-order valence-electron chi connectivity index (χ1n) is 15.8. The predicted octanol–water partition coefficient (Wildman–Crippen LogP) is 7.77. The number of para-hydroxylation sites is 1. The number of imidazole rings is 1. The number of hydrogen-bond acceptors (Lipinski definition) is 5. The lowest BCUT2D eigenvalue weighted by molar-refractivity contribution is -0.131. The van der Waals surface area contributed by atoms with Crippen LogP contribution in [0.5, 0.6) is 0 Å². The summed E-state index contributed by atoms with van der Waals surface area (Å²) in [5, 5.41) is 11.7. The zero-order chi connectivity index (χ0) is 29.0. The fourth-order valence-corrected chi connectivity index (χ4v) is 5.58. The summed E-state index contributed by atoms with van der Waals surface area (Å²) in [6, 6.07) is 7.85. The second-order valence-electron chi connectivity index (χ2n) is 12.0. The van der Waals surface area contributed by atoms with Crippen LogP contribution in [-0.4, -0.2) is 42.6 Å². The number of nitrogens with zero attached hydrogens (tertiary/aromatic N) is 4. The maximum atomic E-state index is 13.2. The summed E-state index contributed by atoms with van der Waals surface area (Å²) < 4.78 is 2.02. The number of nitrogen functional groups attached to an aromatic ring is 1. The first-order valence-corrected chi connectivity index (χ1v) is 15.8. The van der Waals surface area contributed by atoms with Crippen molar-refractivity contribution in [3.05, 3.63) is 30.1 Å². The number of fused-ring (bicyclic) bond motifs is 3. The third-order valence-corrected chi connectivity index (χ3v) is 7.80. The van der Waals surface area contributed by atoms with Gasteiger partial charge in [0.25, 0.3) is 0 Å². The van der Waals surface area contributed by atoms with E-state index >= 15 is 0 Å². The molecule has 0 saturated carbocycles. The van der Waals surface area contributed by atoms with E-state index in [1.807, 2.05) is 40.7 Å². The Bertz CT molecular complexity index is 1200. The lowest BCUT2D eigenvalue weighted by atomic mass is 10.0. The summed E-state index contributed by atoms with van der Waals surface area (Å²) in [6.07, 6.45) is 17.4. The number of carbonyl (C=O) groups is 1. The standard InChI is InChI=1S/C33H53N5O2/c1-5-7-8-9-10-11-12-13-14-15-16-17-18-23-29(39)37(6-2)24-28-36-30-31(38(28)25-33(3,4)40)26-21-19-20-22-27(26)35-32(30)34/h19-22,40H,5-18,23-25H2,1-4H3,(H2,34,35). The zero-order valence-corrected chi connectivity index (χ0v) is 25.6. The number of amides is 1. The van der Waals surface area contributed by atoms with Gasteiger partial charge in [0.2, 0.25) is 5.91 Å². The third kappa shape index (κ3) is 9.46. The van der Waals surface area contributed by atoms with Crippen LogP contribution in [0.2, 0.25) is 0 Å². The molecule has 0 aliphatic rings. The molecule has 7 nitrogen and oxygen atoms in total. The maximum absolute atomic E-state index is 13.2. The van der Waals surface area contributed by atoms with Crippen molar-refractivity contribution in [3.8, 4) is 0 Å². The van der Waals surface area contributed by atoms with Gasteiger partial charge in [0, 0.05) is 18.4 Å². The predicted molar refractivity (Wildman–Crippen MR) is 167 cm³/mol. The van der Waals surface area contributed by atoms with Crippen molar-refractivity contribution >= 4 is 33.7 Å². The van der Waals surface area contributed by atoms with Crippen molar-refractivity contribution in [2.45, 2.75) is 136 Å². The number of aromatic nitrogens is 3. The van der Waals surface area contributed by atoms with Gasteiger partial charge < -0.3 is 20.3 Å². The molecule has 0 spiro atoms. The van der Waals surface area contributed by atoms with Crippen molar-refractivity contribution in [2.24, 2.45) is 0 Å². The second-order valence-corrected chi connectivity index (χ2v) is 12.0. The second kappa shape index (κ2) is 15.9. The average Bonchev–Trinajstić information content (AvgIpc) is 3.27. The SMILES string of the molecule is CCCCCCCCCCCCCCCC(=O)N(CC)Cc1nc2c(N)nc3ccccc3c2n1CC(C)(C)O. The average molecular weight is 552 g/mol. The van der Waals surface area contributed by atoms with E-state index in [0.29, 0.717) is 37.4 Å². The molecule has 0 fully saturated rings. The van der Waals surface area contributed by atoms with Gasteiger partial charge >= 0.3 is 0 Å². The van der Waals surface area contributed by atoms with E-state index in [1.165, 1.54) is 70.6 Å². The minimum absolute atomic E-state index is 0.156. The number of carbonyl (C=O) groups excluding carboxylic acids is 1. The number of rotatable bonds is 19. The van der Waals surface area contributed by atoms with E-state index in [4.69, 9.17) is 10.7 Å². The molecular formula is C33H53N5O2. The van der Waals surface area contributed by atoms with Gasteiger partial charge in [-0.15, -0.1) is 0 Å². The molecule has 3 rings (SSSR count). The van der Waals surface area contributed by atoms with Crippen LogP contribution in [0.4, 0.5) is 5.82 Å². The number of unbranched alkanes of at least 4 members (excludes halogenated alkanes) is 12. The molecule has 0 radical (unpaired) electrons. The normalized spacial score (nSPS) is 12.0. The highest BCUT2D eigenvalue weighted by atomic mass is 16.3.